The maximum Gasteiger partial charge on any atom is 0.250 e. The minimum absolute atomic E-state index is 0.0139. The SMILES string of the molecule is C[C@@H]1OCNC1=O. The monoisotopic (exact) mass is 101 g/mol. The molecule has 0 radical (unpaired) electrons. The van der Waals surface area contributed by atoms with Gasteiger partial charge in [0.15, 0.2) is 0 Å². The molecule has 1 fully saturated rings. The molecule has 0 saturated carbocycles. The highest BCUT2D eigenvalue weighted by molar-refractivity contribution is 5.81. The quantitative estimate of drug-likeness (QED) is 0.446. The Balaban J connectivity index is 2.48. The topological polar surface area (TPSA) is 38.3 Å². The molecule has 1 aliphatic heterocycles. The summed E-state index contributed by atoms with van der Waals surface area (Å²) < 4.78 is 4.80. The summed E-state index contributed by atoms with van der Waals surface area (Å²) in [6, 6.07) is 0. The Kier molecular flexibility index (Phi) is 0.982. The van der Waals surface area contributed by atoms with E-state index in [0.29, 0.717) is 6.73 Å². The van der Waals surface area contributed by atoms with Crippen molar-refractivity contribution in [1.82, 2.24) is 5.32 Å². The Morgan fingerprint density at radius 2 is 2.71 bits per heavy atom. The summed E-state index contributed by atoms with van der Waals surface area (Å²) in [4.78, 5) is 10.3. The second-order valence-electron chi connectivity index (χ2n) is 1.49. The van der Waals surface area contributed by atoms with E-state index in [1.54, 1.807) is 6.92 Å². The minimum atomic E-state index is -0.236. The third-order valence-corrected chi connectivity index (χ3v) is 0.949. The highest BCUT2D eigenvalue weighted by Gasteiger charge is 2.18. The van der Waals surface area contributed by atoms with Crippen LogP contribution in [0.25, 0.3) is 0 Å². The second-order valence-corrected chi connectivity index (χ2v) is 1.49. The van der Waals surface area contributed by atoms with E-state index in [-0.39, 0.29) is 12.0 Å². The number of nitrogens with one attached hydrogen (secondary N) is 1. The van der Waals surface area contributed by atoms with E-state index < -0.39 is 0 Å². The van der Waals surface area contributed by atoms with Gasteiger partial charge in [-0.1, -0.05) is 0 Å². The van der Waals surface area contributed by atoms with Crippen LogP contribution in [0.3, 0.4) is 0 Å². The molecule has 3 heteroatoms. The summed E-state index contributed by atoms with van der Waals surface area (Å²) in [5.74, 6) is -0.0139. The van der Waals surface area contributed by atoms with Gasteiger partial charge >= 0.3 is 0 Å². The molecule has 0 aromatic rings. The second kappa shape index (κ2) is 1.50. The number of hydrogen-bond donors (Lipinski definition) is 1. The van der Waals surface area contributed by atoms with Crippen molar-refractivity contribution in [3.63, 3.8) is 0 Å². The third kappa shape index (κ3) is 0.718. The molecule has 0 bridgehead atoms. The van der Waals surface area contributed by atoms with Crippen LogP contribution in [0.2, 0.25) is 0 Å². The number of amides is 1. The molecule has 1 amide bonds. The Bertz CT molecular complexity index is 91.7. The van der Waals surface area contributed by atoms with Crippen molar-refractivity contribution in [2.24, 2.45) is 0 Å². The van der Waals surface area contributed by atoms with Crippen LogP contribution in [0.15, 0.2) is 0 Å². The molecule has 3 nitrogen and oxygen atoms in total. The van der Waals surface area contributed by atoms with Gasteiger partial charge in [-0.2, -0.15) is 0 Å². The van der Waals surface area contributed by atoms with Crippen molar-refractivity contribution < 1.29 is 9.53 Å². The summed E-state index contributed by atoms with van der Waals surface area (Å²) in [5, 5.41) is 2.51. The largest absolute Gasteiger partial charge is 0.349 e. The zero-order valence-corrected chi connectivity index (χ0v) is 4.10. The van der Waals surface area contributed by atoms with Gasteiger partial charge in [-0.25, -0.2) is 0 Å². The zero-order chi connectivity index (χ0) is 5.28. The number of ether oxygens (including phenoxy) is 1. The van der Waals surface area contributed by atoms with E-state index in [9.17, 15) is 4.79 Å². The van der Waals surface area contributed by atoms with Crippen molar-refractivity contribution in [1.29, 1.82) is 0 Å². The molecule has 0 unspecified atom stereocenters. The van der Waals surface area contributed by atoms with Gasteiger partial charge in [-0.15, -0.1) is 0 Å². The van der Waals surface area contributed by atoms with Crippen LogP contribution in [0.1, 0.15) is 6.92 Å². The van der Waals surface area contributed by atoms with Gasteiger partial charge in [0, 0.05) is 0 Å². The fourth-order valence-electron chi connectivity index (χ4n) is 0.457. The molecular formula is C4H7NO2. The number of carbonyl (C=O) groups is 1. The first-order chi connectivity index (χ1) is 3.30. The van der Waals surface area contributed by atoms with Crippen LogP contribution in [0.5, 0.6) is 0 Å². The lowest BCUT2D eigenvalue weighted by molar-refractivity contribution is -0.122. The van der Waals surface area contributed by atoms with E-state index in [4.69, 9.17) is 4.74 Å². The predicted molar refractivity (Wildman–Crippen MR) is 23.6 cm³/mol. The minimum Gasteiger partial charge on any atom is -0.349 e. The molecule has 7 heavy (non-hydrogen) atoms. The van der Waals surface area contributed by atoms with Crippen LogP contribution >= 0.6 is 0 Å². The smallest absolute Gasteiger partial charge is 0.250 e. The van der Waals surface area contributed by atoms with Crippen LogP contribution in [0.4, 0.5) is 0 Å². The highest BCUT2D eigenvalue weighted by atomic mass is 16.5. The standard InChI is InChI=1S/C4H7NO2/c1-3-4(6)5-2-7-3/h3H,2H2,1H3,(H,5,6)/t3-/m0/s1. The zero-order valence-electron chi connectivity index (χ0n) is 4.10. The Labute approximate surface area is 41.7 Å². The number of rotatable bonds is 0. The summed E-state index contributed by atoms with van der Waals surface area (Å²) in [7, 11) is 0. The van der Waals surface area contributed by atoms with Crippen LogP contribution in [-0.4, -0.2) is 18.7 Å². The van der Waals surface area contributed by atoms with E-state index >= 15 is 0 Å². The average molecular weight is 101 g/mol. The van der Waals surface area contributed by atoms with Crippen molar-refractivity contribution in [3.05, 3.63) is 0 Å². The highest BCUT2D eigenvalue weighted by Crippen LogP contribution is 1.94. The number of carbonyl (C=O) groups excluding carboxylic acids is 1. The van der Waals surface area contributed by atoms with E-state index in [1.165, 1.54) is 0 Å². The van der Waals surface area contributed by atoms with Gasteiger partial charge in [-0.3, -0.25) is 4.79 Å². The maximum absolute atomic E-state index is 10.3. The van der Waals surface area contributed by atoms with Gasteiger partial charge in [0.05, 0.1) is 0 Å². The fourth-order valence-corrected chi connectivity index (χ4v) is 0.457. The number of hydrogen-bond acceptors (Lipinski definition) is 2. The third-order valence-electron chi connectivity index (χ3n) is 0.949. The average Bonchev–Trinajstić information content (AvgIpc) is 1.91. The van der Waals surface area contributed by atoms with Crippen LogP contribution in [-0.2, 0) is 9.53 Å². The van der Waals surface area contributed by atoms with Gasteiger partial charge in [0.25, 0.3) is 5.91 Å². The molecular weight excluding hydrogens is 94.0 g/mol. The Hall–Kier alpha value is -0.570. The molecule has 40 valence electrons. The first kappa shape index (κ1) is 4.59. The molecule has 1 atom stereocenters. The molecule has 0 aromatic carbocycles. The van der Waals surface area contributed by atoms with Crippen molar-refractivity contribution >= 4 is 5.91 Å². The van der Waals surface area contributed by atoms with Crippen LogP contribution in [0, 0.1) is 0 Å². The summed E-state index contributed by atoms with van der Waals surface area (Å²) in [5.41, 5.74) is 0. The molecule has 1 heterocycles. The van der Waals surface area contributed by atoms with E-state index in [1.807, 2.05) is 0 Å². The normalized spacial score (nSPS) is 30.4. The molecule has 0 aliphatic carbocycles. The van der Waals surface area contributed by atoms with Crippen LogP contribution < -0.4 is 5.32 Å². The van der Waals surface area contributed by atoms with Crippen molar-refractivity contribution in [2.75, 3.05) is 6.73 Å². The fraction of sp³-hybridized carbons (Fsp3) is 0.750. The van der Waals surface area contributed by atoms with Gasteiger partial charge in [-0.05, 0) is 6.92 Å². The Morgan fingerprint density at radius 3 is 2.86 bits per heavy atom. The summed E-state index contributed by atoms with van der Waals surface area (Å²) in [6.07, 6.45) is -0.236. The van der Waals surface area contributed by atoms with Gasteiger partial charge in [0.1, 0.15) is 12.8 Å². The summed E-state index contributed by atoms with van der Waals surface area (Å²) in [6.45, 7) is 2.10. The lowest BCUT2D eigenvalue weighted by Crippen LogP contribution is -2.20. The van der Waals surface area contributed by atoms with E-state index in [2.05, 4.69) is 5.32 Å². The van der Waals surface area contributed by atoms with Crippen molar-refractivity contribution in [2.45, 2.75) is 13.0 Å². The Morgan fingerprint density at radius 1 is 2.00 bits per heavy atom. The molecule has 1 rings (SSSR count). The summed E-state index contributed by atoms with van der Waals surface area (Å²) >= 11 is 0. The molecule has 0 aromatic heterocycles. The lowest BCUT2D eigenvalue weighted by Gasteiger charge is -1.90. The molecule has 0 spiro atoms. The van der Waals surface area contributed by atoms with Gasteiger partial charge < -0.3 is 10.1 Å². The lowest BCUT2D eigenvalue weighted by atomic mass is 10.4. The molecule has 1 N–H and O–H groups in total. The maximum atomic E-state index is 10.3. The predicted octanol–water partition coefficient (Wildman–Crippen LogP) is -0.521. The van der Waals surface area contributed by atoms with Crippen molar-refractivity contribution in [3.8, 4) is 0 Å². The van der Waals surface area contributed by atoms with E-state index in [0.717, 1.165) is 0 Å². The first-order valence-corrected chi connectivity index (χ1v) is 2.20. The first-order valence-electron chi connectivity index (χ1n) is 2.20. The molecule has 1 aliphatic rings. The molecule has 1 saturated heterocycles. The van der Waals surface area contributed by atoms with Gasteiger partial charge in [0.2, 0.25) is 0 Å².